The summed E-state index contributed by atoms with van der Waals surface area (Å²) in [4.78, 5) is 44.4. The van der Waals surface area contributed by atoms with E-state index in [4.69, 9.17) is 0 Å². The van der Waals surface area contributed by atoms with Crippen LogP contribution in [-0.4, -0.2) is 35.2 Å². The van der Waals surface area contributed by atoms with Gasteiger partial charge in [-0.25, -0.2) is 9.29 Å². The van der Waals surface area contributed by atoms with Crippen molar-refractivity contribution in [2.45, 2.75) is 38.3 Å². The lowest BCUT2D eigenvalue weighted by Gasteiger charge is -2.36. The number of amides is 3. The molecular weight excluding hydrogens is 397 g/mol. The highest BCUT2D eigenvalue weighted by Crippen LogP contribution is 2.60. The fourth-order valence-electron chi connectivity index (χ4n) is 6.39. The summed E-state index contributed by atoms with van der Waals surface area (Å²) in [5.41, 5.74) is 2.07. The molecule has 4 aliphatic rings. The lowest BCUT2D eigenvalue weighted by Crippen LogP contribution is -2.54. The van der Waals surface area contributed by atoms with Crippen molar-refractivity contribution in [3.8, 4) is 0 Å². The molecule has 4 heterocycles. The van der Waals surface area contributed by atoms with E-state index in [1.165, 1.54) is 17.0 Å². The minimum Gasteiger partial charge on any atom is -0.324 e. The molecule has 1 N–H and O–H groups in total. The van der Waals surface area contributed by atoms with Gasteiger partial charge in [0, 0.05) is 17.3 Å². The van der Waals surface area contributed by atoms with Gasteiger partial charge < -0.3 is 5.32 Å². The van der Waals surface area contributed by atoms with Crippen LogP contribution in [-0.2, 0) is 19.9 Å². The number of nitrogens with zero attached hydrogens (tertiary/aromatic N) is 2. The van der Waals surface area contributed by atoms with Crippen LogP contribution in [0.2, 0.25) is 0 Å². The van der Waals surface area contributed by atoms with E-state index >= 15 is 0 Å². The quantitative estimate of drug-likeness (QED) is 0.722. The van der Waals surface area contributed by atoms with Gasteiger partial charge in [-0.05, 0) is 68.6 Å². The van der Waals surface area contributed by atoms with Gasteiger partial charge in [0.05, 0.1) is 17.5 Å². The van der Waals surface area contributed by atoms with Crippen LogP contribution in [0.4, 0.5) is 15.8 Å². The summed E-state index contributed by atoms with van der Waals surface area (Å²) in [7, 11) is 0. The fraction of sp³-hybridized carbons (Fsp3) is 0.375. The second-order valence-corrected chi connectivity index (χ2v) is 9.05. The summed E-state index contributed by atoms with van der Waals surface area (Å²) in [6.07, 6.45) is 1.57. The number of benzene rings is 2. The number of anilines is 2. The molecule has 158 valence electrons. The second kappa shape index (κ2) is 6.01. The molecule has 6 rings (SSSR count). The number of carbonyl (C=O) groups is 3. The number of imide groups is 1. The van der Waals surface area contributed by atoms with E-state index in [1.54, 1.807) is 12.1 Å². The Morgan fingerprint density at radius 3 is 2.71 bits per heavy atom. The van der Waals surface area contributed by atoms with E-state index in [1.807, 2.05) is 30.9 Å². The third-order valence-electron chi connectivity index (χ3n) is 7.77. The zero-order chi connectivity index (χ0) is 21.7. The maximum atomic E-state index is 14.3. The van der Waals surface area contributed by atoms with E-state index in [-0.39, 0.29) is 23.8 Å². The number of rotatable bonds is 1. The average molecular weight is 419 g/mol. The number of halogens is 1. The second-order valence-electron chi connectivity index (χ2n) is 9.05. The molecule has 1 spiro atoms. The topological polar surface area (TPSA) is 69.7 Å². The SMILES string of the molecule is Cc1cccc(N2C(=O)C3C4CCCN4C4(C(=O)Nc5ccc(F)cc54)C3C2=O)c1C. The van der Waals surface area contributed by atoms with Gasteiger partial charge in [-0.2, -0.15) is 0 Å². The molecule has 3 fully saturated rings. The lowest BCUT2D eigenvalue weighted by molar-refractivity contribution is -0.135. The van der Waals surface area contributed by atoms with Crippen LogP contribution in [0.25, 0.3) is 0 Å². The van der Waals surface area contributed by atoms with Gasteiger partial charge in [0.2, 0.25) is 17.7 Å². The minimum atomic E-state index is -1.34. The summed E-state index contributed by atoms with van der Waals surface area (Å²) in [6.45, 7) is 4.43. The molecule has 2 aromatic carbocycles. The summed E-state index contributed by atoms with van der Waals surface area (Å²) < 4.78 is 14.3. The first-order chi connectivity index (χ1) is 14.9. The van der Waals surface area contributed by atoms with Gasteiger partial charge in [-0.15, -0.1) is 0 Å². The van der Waals surface area contributed by atoms with Crippen molar-refractivity contribution >= 4 is 29.1 Å². The molecule has 0 radical (unpaired) electrons. The van der Waals surface area contributed by atoms with Gasteiger partial charge in [0.15, 0.2) is 0 Å². The van der Waals surface area contributed by atoms with E-state index in [2.05, 4.69) is 5.32 Å². The molecule has 0 bridgehead atoms. The fourth-order valence-corrected chi connectivity index (χ4v) is 6.39. The highest BCUT2D eigenvalue weighted by Gasteiger charge is 2.74. The number of fused-ring (bicyclic) bond motifs is 7. The van der Waals surface area contributed by atoms with Crippen LogP contribution < -0.4 is 10.2 Å². The standard InChI is InChI=1S/C24H22FN3O3/c1-12-5-3-6-17(13(12)2)28-21(29)19-18-7-4-10-27(18)24(20(19)22(28)30)15-11-14(25)8-9-16(15)26-23(24)31/h3,5-6,8-9,11,18-20H,4,7,10H2,1-2H3,(H,26,31). The van der Waals surface area contributed by atoms with Crippen molar-refractivity contribution in [1.82, 2.24) is 4.90 Å². The van der Waals surface area contributed by atoms with Crippen molar-refractivity contribution in [3.05, 3.63) is 58.9 Å². The molecule has 4 atom stereocenters. The third kappa shape index (κ3) is 2.07. The molecule has 0 aliphatic carbocycles. The predicted octanol–water partition coefficient (Wildman–Crippen LogP) is 2.87. The number of nitrogens with one attached hydrogen (secondary N) is 1. The smallest absolute Gasteiger partial charge is 0.250 e. The molecule has 31 heavy (non-hydrogen) atoms. The number of carbonyl (C=O) groups excluding carboxylic acids is 3. The van der Waals surface area contributed by atoms with Crippen LogP contribution in [0.1, 0.15) is 29.5 Å². The Hall–Kier alpha value is -3.06. The Kier molecular flexibility index (Phi) is 3.62. The molecule has 4 aliphatic heterocycles. The van der Waals surface area contributed by atoms with E-state index in [0.29, 0.717) is 23.5 Å². The summed E-state index contributed by atoms with van der Waals surface area (Å²) in [5.74, 6) is -2.91. The largest absolute Gasteiger partial charge is 0.324 e. The highest BCUT2D eigenvalue weighted by molar-refractivity contribution is 6.26. The molecule has 7 heteroatoms. The average Bonchev–Trinajstić information content (AvgIpc) is 3.43. The third-order valence-corrected chi connectivity index (χ3v) is 7.77. The maximum absolute atomic E-state index is 14.3. The zero-order valence-corrected chi connectivity index (χ0v) is 17.3. The van der Waals surface area contributed by atoms with Crippen LogP contribution in [0.15, 0.2) is 36.4 Å². The first-order valence-corrected chi connectivity index (χ1v) is 10.7. The molecule has 4 unspecified atom stereocenters. The molecule has 3 amide bonds. The number of hydrogen-bond donors (Lipinski definition) is 1. The van der Waals surface area contributed by atoms with E-state index in [9.17, 15) is 18.8 Å². The molecule has 0 saturated carbocycles. The Bertz CT molecular complexity index is 1190. The van der Waals surface area contributed by atoms with Crippen molar-refractivity contribution in [2.75, 3.05) is 16.8 Å². The van der Waals surface area contributed by atoms with E-state index < -0.39 is 23.2 Å². The van der Waals surface area contributed by atoms with Gasteiger partial charge in [0.25, 0.3) is 0 Å². The summed E-state index contributed by atoms with van der Waals surface area (Å²) in [5, 5.41) is 2.86. The first-order valence-electron chi connectivity index (χ1n) is 10.7. The number of hydrogen-bond acceptors (Lipinski definition) is 4. The van der Waals surface area contributed by atoms with Gasteiger partial charge >= 0.3 is 0 Å². The molecule has 0 aromatic heterocycles. The van der Waals surface area contributed by atoms with Crippen LogP contribution in [0.5, 0.6) is 0 Å². The Morgan fingerprint density at radius 1 is 1.10 bits per heavy atom. The minimum absolute atomic E-state index is 0.212. The Balaban J connectivity index is 1.58. The first kappa shape index (κ1) is 18.7. The predicted molar refractivity (Wildman–Crippen MR) is 112 cm³/mol. The van der Waals surface area contributed by atoms with Crippen molar-refractivity contribution in [1.29, 1.82) is 0 Å². The van der Waals surface area contributed by atoms with Gasteiger partial charge in [-0.3, -0.25) is 19.3 Å². The molecule has 2 aromatic rings. The number of aryl methyl sites for hydroxylation is 1. The summed E-state index contributed by atoms with van der Waals surface area (Å²) >= 11 is 0. The van der Waals surface area contributed by atoms with Gasteiger partial charge in [-0.1, -0.05) is 12.1 Å². The maximum Gasteiger partial charge on any atom is 0.250 e. The monoisotopic (exact) mass is 419 g/mol. The van der Waals surface area contributed by atoms with Crippen molar-refractivity contribution in [2.24, 2.45) is 11.8 Å². The van der Waals surface area contributed by atoms with Crippen LogP contribution in [0, 0.1) is 31.5 Å². The van der Waals surface area contributed by atoms with Gasteiger partial charge in [0.1, 0.15) is 11.4 Å². The van der Waals surface area contributed by atoms with Crippen molar-refractivity contribution in [3.63, 3.8) is 0 Å². The van der Waals surface area contributed by atoms with E-state index in [0.717, 1.165) is 24.0 Å². The zero-order valence-electron chi connectivity index (χ0n) is 17.3. The Morgan fingerprint density at radius 2 is 1.90 bits per heavy atom. The molecular formula is C24H22FN3O3. The lowest BCUT2D eigenvalue weighted by atomic mass is 9.75. The van der Waals surface area contributed by atoms with Crippen molar-refractivity contribution < 1.29 is 18.8 Å². The molecule has 3 saturated heterocycles. The Labute approximate surface area is 179 Å². The summed E-state index contributed by atoms with van der Waals surface area (Å²) in [6, 6.07) is 9.53. The highest BCUT2D eigenvalue weighted by atomic mass is 19.1. The van der Waals surface area contributed by atoms with Crippen LogP contribution >= 0.6 is 0 Å². The van der Waals surface area contributed by atoms with Crippen LogP contribution in [0.3, 0.4) is 0 Å². The normalized spacial score (nSPS) is 31.4. The molecule has 6 nitrogen and oxygen atoms in total.